The van der Waals surface area contributed by atoms with E-state index in [1.165, 1.54) is 24.3 Å². The van der Waals surface area contributed by atoms with E-state index in [2.05, 4.69) is 10.7 Å². The third kappa shape index (κ3) is 5.52. The fourth-order valence-electron chi connectivity index (χ4n) is 1.08. The van der Waals surface area contributed by atoms with Crippen molar-refractivity contribution < 1.29 is 23.9 Å². The number of nitrogens with zero attached hydrogens (tertiary/aromatic N) is 1. The number of nitro benzene ring substituents is 1. The topological polar surface area (TPSA) is 87.9 Å². The fraction of sp³-hybridized carbons (Fsp3) is 0.250. The molecule has 0 saturated heterocycles. The first-order valence-electron chi connectivity index (χ1n) is 5.23. The van der Waals surface area contributed by atoms with Crippen molar-refractivity contribution in [2.45, 2.75) is 0 Å². The Balaban J connectivity index is 2.32. The lowest BCUT2D eigenvalue weighted by atomic mass is 10.3. The summed E-state index contributed by atoms with van der Waals surface area (Å²) in [4.78, 5) is 21.0. The van der Waals surface area contributed by atoms with Crippen LogP contribution in [-0.4, -0.2) is 30.9 Å². The van der Waals surface area contributed by atoms with Gasteiger partial charge in [0.2, 0.25) is 0 Å². The molecule has 0 aliphatic heterocycles. The normalized spacial score (nSPS) is 9.42. The van der Waals surface area contributed by atoms with E-state index in [-0.39, 0.29) is 31.3 Å². The van der Waals surface area contributed by atoms with Gasteiger partial charge in [0.05, 0.1) is 11.5 Å². The van der Waals surface area contributed by atoms with Crippen molar-refractivity contribution in [3.05, 3.63) is 34.4 Å². The van der Waals surface area contributed by atoms with Crippen molar-refractivity contribution >= 4 is 11.8 Å². The van der Waals surface area contributed by atoms with E-state index in [0.717, 1.165) is 0 Å². The van der Waals surface area contributed by atoms with Crippen LogP contribution in [0.5, 0.6) is 5.75 Å². The molecule has 7 nitrogen and oxygen atoms in total. The molecule has 0 saturated carbocycles. The van der Waals surface area contributed by atoms with Crippen LogP contribution in [0.4, 0.5) is 10.5 Å². The van der Waals surface area contributed by atoms with Gasteiger partial charge in [-0.1, -0.05) is 5.92 Å². The van der Waals surface area contributed by atoms with E-state index in [0.29, 0.717) is 0 Å². The van der Waals surface area contributed by atoms with Crippen LogP contribution >= 0.6 is 0 Å². The first-order chi connectivity index (χ1) is 9.13. The average Bonchev–Trinajstić information content (AvgIpc) is 2.39. The SMILES string of the molecule is C#CCOCCOC(=O)Oc1ccc([N+](=O)[O-])cc1. The summed E-state index contributed by atoms with van der Waals surface area (Å²) >= 11 is 0. The van der Waals surface area contributed by atoms with E-state index in [1.807, 2.05) is 0 Å². The largest absolute Gasteiger partial charge is 0.513 e. The molecule has 0 aromatic heterocycles. The maximum atomic E-state index is 11.2. The monoisotopic (exact) mass is 265 g/mol. The van der Waals surface area contributed by atoms with Gasteiger partial charge in [0.15, 0.2) is 0 Å². The number of terminal acetylenes is 1. The van der Waals surface area contributed by atoms with E-state index >= 15 is 0 Å². The zero-order chi connectivity index (χ0) is 14.1. The number of ether oxygens (including phenoxy) is 3. The molecule has 0 aliphatic carbocycles. The molecule has 1 aromatic rings. The molecule has 0 amide bonds. The summed E-state index contributed by atoms with van der Waals surface area (Å²) in [7, 11) is 0. The Morgan fingerprint density at radius 1 is 1.32 bits per heavy atom. The maximum absolute atomic E-state index is 11.2. The lowest BCUT2D eigenvalue weighted by Gasteiger charge is -2.05. The predicted octanol–water partition coefficient (Wildman–Crippen LogP) is 1.76. The summed E-state index contributed by atoms with van der Waals surface area (Å²) < 4.78 is 14.3. The van der Waals surface area contributed by atoms with Gasteiger partial charge >= 0.3 is 6.16 Å². The highest BCUT2D eigenvalue weighted by Crippen LogP contribution is 2.17. The molecule has 0 unspecified atom stereocenters. The number of benzene rings is 1. The molecule has 0 N–H and O–H groups in total. The lowest BCUT2D eigenvalue weighted by Crippen LogP contribution is -2.14. The molecule has 0 heterocycles. The van der Waals surface area contributed by atoms with Crippen LogP contribution in [0.1, 0.15) is 0 Å². The molecule has 0 radical (unpaired) electrons. The molecule has 19 heavy (non-hydrogen) atoms. The van der Waals surface area contributed by atoms with Crippen LogP contribution in [0.2, 0.25) is 0 Å². The lowest BCUT2D eigenvalue weighted by molar-refractivity contribution is -0.384. The van der Waals surface area contributed by atoms with Gasteiger partial charge in [-0.25, -0.2) is 4.79 Å². The quantitative estimate of drug-likeness (QED) is 0.194. The van der Waals surface area contributed by atoms with Crippen molar-refractivity contribution in [2.24, 2.45) is 0 Å². The molecular weight excluding hydrogens is 254 g/mol. The summed E-state index contributed by atoms with van der Waals surface area (Å²) in [5.41, 5.74) is -0.0941. The number of hydrogen-bond donors (Lipinski definition) is 0. The second-order valence-electron chi connectivity index (χ2n) is 3.21. The zero-order valence-electron chi connectivity index (χ0n) is 9.90. The van der Waals surface area contributed by atoms with E-state index < -0.39 is 11.1 Å². The van der Waals surface area contributed by atoms with E-state index in [9.17, 15) is 14.9 Å². The van der Waals surface area contributed by atoms with Crippen LogP contribution in [-0.2, 0) is 9.47 Å². The number of rotatable bonds is 6. The third-order valence-corrected chi connectivity index (χ3v) is 1.88. The Morgan fingerprint density at radius 2 is 2.00 bits per heavy atom. The maximum Gasteiger partial charge on any atom is 0.513 e. The van der Waals surface area contributed by atoms with Gasteiger partial charge in [0.25, 0.3) is 5.69 Å². The molecule has 0 bridgehead atoms. The van der Waals surface area contributed by atoms with Gasteiger partial charge in [-0.05, 0) is 12.1 Å². The second kappa shape index (κ2) is 7.68. The van der Waals surface area contributed by atoms with Gasteiger partial charge < -0.3 is 14.2 Å². The van der Waals surface area contributed by atoms with Crippen LogP contribution in [0.25, 0.3) is 0 Å². The molecule has 1 rings (SSSR count). The Hall–Kier alpha value is -2.59. The fourth-order valence-corrected chi connectivity index (χ4v) is 1.08. The molecule has 7 heteroatoms. The van der Waals surface area contributed by atoms with E-state index in [4.69, 9.17) is 15.9 Å². The molecule has 0 fully saturated rings. The minimum absolute atomic E-state index is 0.00744. The number of nitro groups is 1. The van der Waals surface area contributed by atoms with Crippen LogP contribution in [0, 0.1) is 22.5 Å². The summed E-state index contributed by atoms with van der Waals surface area (Å²) in [5.74, 6) is 2.41. The summed E-state index contributed by atoms with van der Waals surface area (Å²) in [6, 6.07) is 5.04. The standard InChI is InChI=1S/C12H11NO6/c1-2-7-17-8-9-18-12(14)19-11-5-3-10(4-6-11)13(15)16/h1,3-6H,7-9H2. The number of carbonyl (C=O) groups excluding carboxylic acids is 1. The predicted molar refractivity (Wildman–Crippen MR) is 64.7 cm³/mol. The zero-order valence-corrected chi connectivity index (χ0v) is 9.90. The summed E-state index contributed by atoms with van der Waals surface area (Å²) in [6.45, 7) is 0.313. The van der Waals surface area contributed by atoms with Crippen molar-refractivity contribution in [3.63, 3.8) is 0 Å². The average molecular weight is 265 g/mol. The van der Waals surface area contributed by atoms with Crippen molar-refractivity contribution in [1.82, 2.24) is 0 Å². The Bertz CT molecular complexity index is 476. The number of carbonyl (C=O) groups is 1. The van der Waals surface area contributed by atoms with Gasteiger partial charge in [0.1, 0.15) is 19.0 Å². The van der Waals surface area contributed by atoms with Crippen molar-refractivity contribution in [3.8, 4) is 18.1 Å². The minimum Gasteiger partial charge on any atom is -0.432 e. The number of non-ortho nitro benzene ring substituents is 1. The number of hydrogen-bond acceptors (Lipinski definition) is 6. The van der Waals surface area contributed by atoms with Crippen LogP contribution in [0.15, 0.2) is 24.3 Å². The molecule has 1 aromatic carbocycles. The van der Waals surface area contributed by atoms with Gasteiger partial charge in [-0.3, -0.25) is 10.1 Å². The van der Waals surface area contributed by atoms with Crippen LogP contribution in [0.3, 0.4) is 0 Å². The van der Waals surface area contributed by atoms with Gasteiger partial charge in [-0.2, -0.15) is 0 Å². The minimum atomic E-state index is -0.918. The Kier molecular flexibility index (Phi) is 5.85. The smallest absolute Gasteiger partial charge is 0.432 e. The Morgan fingerprint density at radius 3 is 2.58 bits per heavy atom. The molecule has 0 spiro atoms. The van der Waals surface area contributed by atoms with Crippen LogP contribution < -0.4 is 4.74 Å². The Labute approximate surface area is 109 Å². The molecule has 0 atom stereocenters. The summed E-state index contributed by atoms with van der Waals surface area (Å²) in [6.07, 6.45) is 4.03. The summed E-state index contributed by atoms with van der Waals surface area (Å²) in [5, 5.41) is 10.4. The van der Waals surface area contributed by atoms with Crippen molar-refractivity contribution in [1.29, 1.82) is 0 Å². The highest BCUT2D eigenvalue weighted by atomic mass is 16.7. The third-order valence-electron chi connectivity index (χ3n) is 1.88. The van der Waals surface area contributed by atoms with Gasteiger partial charge in [-0.15, -0.1) is 6.42 Å². The highest BCUT2D eigenvalue weighted by Gasteiger charge is 2.08. The van der Waals surface area contributed by atoms with E-state index in [1.54, 1.807) is 0 Å². The second-order valence-corrected chi connectivity index (χ2v) is 3.21. The molecular formula is C12H11NO6. The first kappa shape index (κ1) is 14.5. The first-order valence-corrected chi connectivity index (χ1v) is 5.23. The van der Waals surface area contributed by atoms with Crippen molar-refractivity contribution in [2.75, 3.05) is 19.8 Å². The highest BCUT2D eigenvalue weighted by molar-refractivity contribution is 5.63. The molecule has 100 valence electrons. The van der Waals surface area contributed by atoms with Gasteiger partial charge in [0, 0.05) is 12.1 Å². The molecule has 0 aliphatic rings.